The van der Waals surface area contributed by atoms with Gasteiger partial charge < -0.3 is 10.3 Å². The van der Waals surface area contributed by atoms with Crippen molar-refractivity contribution in [2.75, 3.05) is 6.54 Å². The molecule has 0 saturated carbocycles. The highest BCUT2D eigenvalue weighted by Crippen LogP contribution is 2.29. The molecule has 0 spiro atoms. The van der Waals surface area contributed by atoms with Gasteiger partial charge in [0.2, 0.25) is 0 Å². The number of benzene rings is 1. The molecule has 136 valence electrons. The predicted octanol–water partition coefficient (Wildman–Crippen LogP) is 3.15. The van der Waals surface area contributed by atoms with E-state index in [1.165, 1.54) is 28.0 Å². The maximum absolute atomic E-state index is 13.9. The molecule has 0 bridgehead atoms. The zero-order valence-corrected chi connectivity index (χ0v) is 15.3. The first-order chi connectivity index (χ1) is 12.2. The van der Waals surface area contributed by atoms with Gasteiger partial charge in [-0.25, -0.2) is 18.9 Å². The maximum atomic E-state index is 13.9. The van der Waals surface area contributed by atoms with Gasteiger partial charge >= 0.3 is 5.69 Å². The number of hydrogen-bond acceptors (Lipinski definition) is 4. The average Bonchev–Trinajstić information content (AvgIpc) is 3.31. The van der Waals surface area contributed by atoms with Crippen LogP contribution in [0.3, 0.4) is 0 Å². The van der Waals surface area contributed by atoms with Crippen LogP contribution in [-0.4, -0.2) is 25.9 Å². The van der Waals surface area contributed by atoms with Gasteiger partial charge in [0, 0.05) is 18.1 Å². The van der Waals surface area contributed by atoms with Gasteiger partial charge in [-0.05, 0) is 42.6 Å². The van der Waals surface area contributed by atoms with Crippen molar-refractivity contribution in [3.63, 3.8) is 0 Å². The largest absolute Gasteiger partial charge is 0.348 e. The van der Waals surface area contributed by atoms with Gasteiger partial charge in [-0.3, -0.25) is 0 Å². The molecule has 4 aromatic rings. The number of nitrogens with two attached hydrogens (primary N) is 1. The normalized spacial score (nSPS) is 11.0. The van der Waals surface area contributed by atoms with Crippen LogP contribution in [0.15, 0.2) is 46.7 Å². The number of aromatic amines is 1. The van der Waals surface area contributed by atoms with Crippen molar-refractivity contribution < 1.29 is 4.39 Å². The first-order valence-corrected chi connectivity index (χ1v) is 8.77. The van der Waals surface area contributed by atoms with E-state index in [1.54, 1.807) is 6.07 Å². The molecule has 3 aromatic heterocycles. The second-order valence-corrected chi connectivity index (χ2v) is 6.62. The average molecular weight is 394 g/mol. The van der Waals surface area contributed by atoms with Crippen molar-refractivity contribution in [1.82, 2.24) is 19.3 Å². The molecule has 0 atom stereocenters. The number of rotatable bonds is 5. The van der Waals surface area contributed by atoms with Gasteiger partial charge in [0.15, 0.2) is 5.82 Å². The number of halogens is 2. The predicted molar refractivity (Wildman–Crippen MR) is 104 cm³/mol. The Morgan fingerprint density at radius 1 is 1.31 bits per heavy atom. The van der Waals surface area contributed by atoms with Crippen molar-refractivity contribution in [3.8, 4) is 16.4 Å². The van der Waals surface area contributed by atoms with E-state index in [9.17, 15) is 9.18 Å². The second kappa shape index (κ2) is 7.45. The van der Waals surface area contributed by atoms with E-state index < -0.39 is 0 Å². The number of nitrogens with one attached hydrogen (secondary N) is 1. The van der Waals surface area contributed by atoms with Crippen LogP contribution in [0.25, 0.3) is 27.3 Å². The summed E-state index contributed by atoms with van der Waals surface area (Å²) in [6, 6.07) is 8.38. The smallest absolute Gasteiger partial charge is 0.345 e. The topological polar surface area (TPSA) is 81.6 Å². The molecule has 0 aliphatic heterocycles. The van der Waals surface area contributed by atoms with E-state index in [-0.39, 0.29) is 23.9 Å². The molecule has 4 rings (SSSR count). The van der Waals surface area contributed by atoms with E-state index in [1.807, 2.05) is 28.3 Å². The summed E-state index contributed by atoms with van der Waals surface area (Å²) < 4.78 is 17.3. The second-order valence-electron chi connectivity index (χ2n) is 5.68. The highest BCUT2D eigenvalue weighted by molar-refractivity contribution is 7.13. The molecule has 6 nitrogen and oxygen atoms in total. The highest BCUT2D eigenvalue weighted by Gasteiger charge is 2.18. The Labute approximate surface area is 158 Å². The first kappa shape index (κ1) is 18.4. The third-order valence-corrected chi connectivity index (χ3v) is 4.95. The van der Waals surface area contributed by atoms with Gasteiger partial charge in [-0.1, -0.05) is 6.07 Å². The Balaban J connectivity index is 0.00000196. The molecule has 0 saturated heterocycles. The van der Waals surface area contributed by atoms with Crippen molar-refractivity contribution in [2.45, 2.75) is 13.0 Å². The molecule has 1 aromatic carbocycles. The van der Waals surface area contributed by atoms with Crippen LogP contribution >= 0.6 is 23.7 Å². The van der Waals surface area contributed by atoms with Gasteiger partial charge in [-0.2, -0.15) is 5.10 Å². The lowest BCUT2D eigenvalue weighted by Crippen LogP contribution is -2.15. The number of hydrogen-bond donors (Lipinski definition) is 2. The Kier molecular flexibility index (Phi) is 5.26. The highest BCUT2D eigenvalue weighted by atomic mass is 35.5. The number of thiophene rings is 1. The summed E-state index contributed by atoms with van der Waals surface area (Å²) in [5.41, 5.74) is 6.72. The van der Waals surface area contributed by atoms with Gasteiger partial charge in [0.05, 0.1) is 16.1 Å². The summed E-state index contributed by atoms with van der Waals surface area (Å²) in [5.74, 6) is 0.168. The molecule has 0 aliphatic carbocycles. The van der Waals surface area contributed by atoms with Crippen LogP contribution in [0.1, 0.15) is 6.42 Å². The standard InChI is InChI=1S/C17H16FN5OS.ClH/c18-11-4-5-13-12(9-11)14(10-22(13)7-2-6-19)23-16(20-21-17(23)24)15-3-1-8-25-15;/h1,3-5,8-10H,2,6-7,19H2,(H,21,24);1H. The van der Waals surface area contributed by atoms with E-state index in [4.69, 9.17) is 5.73 Å². The molecule has 9 heteroatoms. The van der Waals surface area contributed by atoms with Crippen molar-refractivity contribution in [3.05, 3.63) is 58.2 Å². The summed E-state index contributed by atoms with van der Waals surface area (Å²) in [7, 11) is 0. The summed E-state index contributed by atoms with van der Waals surface area (Å²) in [4.78, 5) is 13.3. The summed E-state index contributed by atoms with van der Waals surface area (Å²) in [6.07, 6.45) is 2.65. The van der Waals surface area contributed by atoms with Gasteiger partial charge in [0.25, 0.3) is 0 Å². The first-order valence-electron chi connectivity index (χ1n) is 7.89. The van der Waals surface area contributed by atoms with Gasteiger partial charge in [0.1, 0.15) is 5.82 Å². The van der Waals surface area contributed by atoms with Crippen LogP contribution < -0.4 is 11.4 Å². The van der Waals surface area contributed by atoms with E-state index in [0.717, 1.165) is 16.8 Å². The van der Waals surface area contributed by atoms with Crippen molar-refractivity contribution >= 4 is 34.6 Å². The Bertz CT molecular complexity index is 1080. The number of nitrogens with zero attached hydrogens (tertiary/aromatic N) is 3. The minimum Gasteiger partial charge on any atom is -0.345 e. The zero-order chi connectivity index (χ0) is 17.4. The molecule has 3 N–H and O–H groups in total. The van der Waals surface area contributed by atoms with Crippen LogP contribution in [0.2, 0.25) is 0 Å². The van der Waals surface area contributed by atoms with Crippen LogP contribution in [-0.2, 0) is 6.54 Å². The van der Waals surface area contributed by atoms with Crippen LogP contribution in [0, 0.1) is 5.82 Å². The maximum Gasteiger partial charge on any atom is 0.348 e. The van der Waals surface area contributed by atoms with Crippen molar-refractivity contribution in [1.29, 1.82) is 0 Å². The minimum absolute atomic E-state index is 0. The molecular formula is C17H17ClFN5OS. The molecule has 0 unspecified atom stereocenters. The number of aryl methyl sites for hydroxylation is 1. The monoisotopic (exact) mass is 393 g/mol. The fourth-order valence-electron chi connectivity index (χ4n) is 2.97. The number of aromatic nitrogens is 4. The Morgan fingerprint density at radius 2 is 2.15 bits per heavy atom. The third-order valence-electron chi connectivity index (χ3n) is 4.08. The summed E-state index contributed by atoms with van der Waals surface area (Å²) in [6.45, 7) is 1.25. The van der Waals surface area contributed by atoms with Crippen molar-refractivity contribution in [2.24, 2.45) is 5.73 Å². The van der Waals surface area contributed by atoms with Gasteiger partial charge in [-0.15, -0.1) is 23.7 Å². The zero-order valence-electron chi connectivity index (χ0n) is 13.7. The molecule has 26 heavy (non-hydrogen) atoms. The quantitative estimate of drug-likeness (QED) is 0.546. The molecule has 3 heterocycles. The lowest BCUT2D eigenvalue weighted by molar-refractivity contribution is 0.629. The van der Waals surface area contributed by atoms with E-state index in [2.05, 4.69) is 10.2 Å². The van der Waals surface area contributed by atoms with Crippen LogP contribution in [0.4, 0.5) is 4.39 Å². The minimum atomic E-state index is -0.356. The number of H-pyrrole nitrogens is 1. The van der Waals surface area contributed by atoms with E-state index in [0.29, 0.717) is 30.0 Å². The fraction of sp³-hybridized carbons (Fsp3) is 0.176. The summed E-state index contributed by atoms with van der Waals surface area (Å²) in [5, 5.41) is 9.23. The summed E-state index contributed by atoms with van der Waals surface area (Å²) >= 11 is 1.49. The molecule has 0 amide bonds. The fourth-order valence-corrected chi connectivity index (χ4v) is 3.67. The molecule has 0 aliphatic rings. The molecule has 0 radical (unpaired) electrons. The third kappa shape index (κ3) is 3.07. The van der Waals surface area contributed by atoms with E-state index >= 15 is 0 Å². The Hall–Kier alpha value is -2.42. The lowest BCUT2D eigenvalue weighted by atomic mass is 10.2. The number of fused-ring (bicyclic) bond motifs is 1. The molecule has 0 fully saturated rings. The lowest BCUT2D eigenvalue weighted by Gasteiger charge is -2.03. The Morgan fingerprint density at radius 3 is 2.88 bits per heavy atom. The van der Waals surface area contributed by atoms with Crippen LogP contribution in [0.5, 0.6) is 0 Å². The molecular weight excluding hydrogens is 377 g/mol. The SMILES string of the molecule is Cl.NCCCn1cc(-n2c(-c3cccs3)n[nH]c2=O)c2cc(F)ccc21.